The molecular formula is C19H13BrFN3O. The first-order valence-electron chi connectivity index (χ1n) is 7.69. The molecule has 2 aromatic carbocycles. The van der Waals surface area contributed by atoms with Gasteiger partial charge in [0.15, 0.2) is 0 Å². The Hall–Kier alpha value is -2.73. The number of benzene rings is 2. The van der Waals surface area contributed by atoms with Gasteiger partial charge >= 0.3 is 0 Å². The van der Waals surface area contributed by atoms with Crippen molar-refractivity contribution in [2.75, 3.05) is 10.2 Å². The molecule has 2 heterocycles. The monoisotopic (exact) mass is 397 g/mol. The summed E-state index contributed by atoms with van der Waals surface area (Å²) in [5.41, 5.74) is 2.38. The summed E-state index contributed by atoms with van der Waals surface area (Å²) in [5.74, 6) is -0.532. The normalized spacial score (nSPS) is 16.0. The van der Waals surface area contributed by atoms with Crippen LogP contribution < -0.4 is 10.2 Å². The first kappa shape index (κ1) is 15.8. The highest BCUT2D eigenvalue weighted by molar-refractivity contribution is 9.10. The van der Waals surface area contributed by atoms with Gasteiger partial charge in [-0.25, -0.2) is 4.39 Å². The molecule has 0 bridgehead atoms. The number of pyridine rings is 1. The zero-order valence-electron chi connectivity index (χ0n) is 13.0. The Morgan fingerprint density at radius 1 is 1.12 bits per heavy atom. The van der Waals surface area contributed by atoms with Crippen LogP contribution in [0.2, 0.25) is 0 Å². The zero-order valence-corrected chi connectivity index (χ0v) is 14.6. The average molecular weight is 398 g/mol. The summed E-state index contributed by atoms with van der Waals surface area (Å²) in [6.45, 7) is 0. The van der Waals surface area contributed by atoms with Crippen LogP contribution in [0.25, 0.3) is 0 Å². The standard InChI is InChI=1S/C19H13BrFN3O/c20-12-7-8-17(16(21)10-12)23-18-14-5-1-2-6-15(14)19(25)24(18)13-4-3-9-22-11-13/h1-11,18,23H/t18-/m0/s1. The summed E-state index contributed by atoms with van der Waals surface area (Å²) >= 11 is 3.25. The summed E-state index contributed by atoms with van der Waals surface area (Å²) in [4.78, 5) is 18.6. The van der Waals surface area contributed by atoms with E-state index in [4.69, 9.17) is 0 Å². The number of amides is 1. The van der Waals surface area contributed by atoms with Gasteiger partial charge in [0.05, 0.1) is 17.6 Å². The Kier molecular flexibility index (Phi) is 3.97. The minimum Gasteiger partial charge on any atom is -0.359 e. The van der Waals surface area contributed by atoms with Gasteiger partial charge < -0.3 is 5.32 Å². The molecular weight excluding hydrogens is 385 g/mol. The van der Waals surface area contributed by atoms with E-state index in [1.807, 2.05) is 24.3 Å². The number of hydrogen-bond donors (Lipinski definition) is 1. The van der Waals surface area contributed by atoms with Crippen molar-refractivity contribution >= 4 is 33.2 Å². The maximum atomic E-state index is 14.3. The van der Waals surface area contributed by atoms with Gasteiger partial charge in [0, 0.05) is 21.8 Å². The van der Waals surface area contributed by atoms with Crippen LogP contribution in [0.1, 0.15) is 22.1 Å². The average Bonchev–Trinajstić information content (AvgIpc) is 2.91. The molecule has 0 saturated heterocycles. The lowest BCUT2D eigenvalue weighted by Crippen LogP contribution is -2.32. The van der Waals surface area contributed by atoms with Crippen LogP contribution in [0.3, 0.4) is 0 Å². The zero-order chi connectivity index (χ0) is 17.4. The number of fused-ring (bicyclic) bond motifs is 1. The molecule has 4 nitrogen and oxygen atoms in total. The molecule has 1 aromatic heterocycles. The molecule has 25 heavy (non-hydrogen) atoms. The van der Waals surface area contributed by atoms with Gasteiger partial charge in [-0.15, -0.1) is 0 Å². The van der Waals surface area contributed by atoms with Gasteiger partial charge in [0.25, 0.3) is 5.91 Å². The van der Waals surface area contributed by atoms with E-state index in [0.717, 1.165) is 5.56 Å². The van der Waals surface area contributed by atoms with Crippen LogP contribution in [-0.2, 0) is 0 Å². The molecule has 3 aromatic rings. The smallest absolute Gasteiger partial charge is 0.260 e. The van der Waals surface area contributed by atoms with Crippen LogP contribution in [0.15, 0.2) is 71.5 Å². The molecule has 4 rings (SSSR count). The maximum absolute atomic E-state index is 14.3. The predicted octanol–water partition coefficient (Wildman–Crippen LogP) is 4.75. The van der Waals surface area contributed by atoms with E-state index in [9.17, 15) is 9.18 Å². The molecule has 1 aliphatic rings. The molecule has 0 unspecified atom stereocenters. The molecule has 124 valence electrons. The molecule has 0 aliphatic carbocycles. The van der Waals surface area contributed by atoms with Crippen LogP contribution in [-0.4, -0.2) is 10.9 Å². The van der Waals surface area contributed by atoms with Crippen molar-refractivity contribution in [3.05, 3.63) is 88.4 Å². The Morgan fingerprint density at radius 3 is 2.72 bits per heavy atom. The largest absolute Gasteiger partial charge is 0.359 e. The van der Waals surface area contributed by atoms with Crippen molar-refractivity contribution in [2.24, 2.45) is 0 Å². The second-order valence-electron chi connectivity index (χ2n) is 5.64. The molecule has 0 saturated carbocycles. The summed E-state index contributed by atoms with van der Waals surface area (Å²) in [7, 11) is 0. The molecule has 1 aliphatic heterocycles. The predicted molar refractivity (Wildman–Crippen MR) is 98.0 cm³/mol. The number of hydrogen-bond acceptors (Lipinski definition) is 3. The van der Waals surface area contributed by atoms with Gasteiger partial charge in [-0.3, -0.25) is 14.7 Å². The van der Waals surface area contributed by atoms with E-state index in [2.05, 4.69) is 26.2 Å². The minimum absolute atomic E-state index is 0.140. The number of carbonyl (C=O) groups is 1. The molecule has 1 N–H and O–H groups in total. The van der Waals surface area contributed by atoms with E-state index in [1.54, 1.807) is 41.6 Å². The Labute approximate surface area is 152 Å². The van der Waals surface area contributed by atoms with E-state index < -0.39 is 12.0 Å². The third-order valence-electron chi connectivity index (χ3n) is 4.11. The molecule has 1 atom stereocenters. The maximum Gasteiger partial charge on any atom is 0.260 e. The van der Waals surface area contributed by atoms with Gasteiger partial charge in [0.1, 0.15) is 12.0 Å². The fourth-order valence-electron chi connectivity index (χ4n) is 2.98. The number of halogens is 2. The molecule has 6 heteroatoms. The summed E-state index contributed by atoms with van der Waals surface area (Å²) in [5, 5.41) is 3.15. The first-order valence-corrected chi connectivity index (χ1v) is 8.48. The molecule has 0 spiro atoms. The van der Waals surface area contributed by atoms with Crippen molar-refractivity contribution in [1.29, 1.82) is 0 Å². The minimum atomic E-state index is -0.511. The lowest BCUT2D eigenvalue weighted by atomic mass is 10.1. The Bertz CT molecular complexity index is 948. The van der Waals surface area contributed by atoms with Gasteiger partial charge in [0.2, 0.25) is 0 Å². The van der Waals surface area contributed by atoms with E-state index in [-0.39, 0.29) is 5.91 Å². The number of aromatic nitrogens is 1. The third kappa shape index (κ3) is 2.78. The van der Waals surface area contributed by atoms with E-state index in [1.165, 1.54) is 6.07 Å². The fraction of sp³-hybridized carbons (Fsp3) is 0.0526. The van der Waals surface area contributed by atoms with Gasteiger partial charge in [-0.1, -0.05) is 34.1 Å². The quantitative estimate of drug-likeness (QED) is 0.693. The number of rotatable bonds is 3. The highest BCUT2D eigenvalue weighted by Gasteiger charge is 2.37. The second-order valence-corrected chi connectivity index (χ2v) is 6.56. The topological polar surface area (TPSA) is 45.2 Å². The number of nitrogens with one attached hydrogen (secondary N) is 1. The van der Waals surface area contributed by atoms with Crippen LogP contribution in [0.4, 0.5) is 15.8 Å². The van der Waals surface area contributed by atoms with Crippen molar-refractivity contribution in [3.63, 3.8) is 0 Å². The second kappa shape index (κ2) is 6.29. The lowest BCUT2D eigenvalue weighted by molar-refractivity contribution is 0.0993. The summed E-state index contributed by atoms with van der Waals surface area (Å²) in [6, 6.07) is 15.7. The number of anilines is 2. The Balaban J connectivity index is 1.80. The first-order chi connectivity index (χ1) is 12.1. The number of nitrogens with zero attached hydrogens (tertiary/aromatic N) is 2. The van der Waals surface area contributed by atoms with Gasteiger partial charge in [-0.2, -0.15) is 0 Å². The van der Waals surface area contributed by atoms with E-state index >= 15 is 0 Å². The van der Waals surface area contributed by atoms with E-state index in [0.29, 0.717) is 21.4 Å². The van der Waals surface area contributed by atoms with Crippen LogP contribution in [0, 0.1) is 5.82 Å². The van der Waals surface area contributed by atoms with Crippen molar-refractivity contribution < 1.29 is 9.18 Å². The highest BCUT2D eigenvalue weighted by atomic mass is 79.9. The highest BCUT2D eigenvalue weighted by Crippen LogP contribution is 2.38. The van der Waals surface area contributed by atoms with Crippen LogP contribution in [0.5, 0.6) is 0 Å². The Morgan fingerprint density at radius 2 is 1.96 bits per heavy atom. The molecule has 0 fully saturated rings. The number of carbonyl (C=O) groups excluding carboxylic acids is 1. The van der Waals surface area contributed by atoms with Crippen molar-refractivity contribution in [2.45, 2.75) is 6.17 Å². The fourth-order valence-corrected chi connectivity index (χ4v) is 3.31. The lowest BCUT2D eigenvalue weighted by Gasteiger charge is -2.27. The SMILES string of the molecule is O=C1c2ccccc2[C@@H](Nc2ccc(Br)cc2F)N1c1cccnc1. The summed E-state index contributed by atoms with van der Waals surface area (Å²) < 4.78 is 15.0. The third-order valence-corrected chi connectivity index (χ3v) is 4.60. The summed E-state index contributed by atoms with van der Waals surface area (Å²) in [6.07, 6.45) is 2.76. The van der Waals surface area contributed by atoms with Crippen molar-refractivity contribution in [3.8, 4) is 0 Å². The molecule has 0 radical (unpaired) electrons. The van der Waals surface area contributed by atoms with Crippen LogP contribution >= 0.6 is 15.9 Å². The molecule has 1 amide bonds. The van der Waals surface area contributed by atoms with Crippen molar-refractivity contribution in [1.82, 2.24) is 4.98 Å². The van der Waals surface area contributed by atoms with Gasteiger partial charge in [-0.05, 0) is 36.4 Å².